The Hall–Kier alpha value is -2.14. The molecule has 2 aromatic rings. The van der Waals surface area contributed by atoms with Crippen molar-refractivity contribution in [3.05, 3.63) is 54.0 Å². The Labute approximate surface area is 213 Å². The normalized spacial score (nSPS) is 28.1. The molecule has 5 rings (SSSR count). The largest absolute Gasteiger partial charge is 0.378 e. The number of anilines is 1. The number of halogens is 1. The highest BCUT2D eigenvalue weighted by Gasteiger charge is 2.38. The molecule has 3 fully saturated rings. The van der Waals surface area contributed by atoms with Crippen molar-refractivity contribution in [2.24, 2.45) is 11.8 Å². The maximum atomic E-state index is 13.6. The molecule has 196 valence electrons. The van der Waals surface area contributed by atoms with Gasteiger partial charge >= 0.3 is 0 Å². The Morgan fingerprint density at radius 1 is 1.08 bits per heavy atom. The molecule has 0 radical (unpaired) electrons. The lowest BCUT2D eigenvalue weighted by Gasteiger charge is -2.42. The fraction of sp³-hybridized carbons (Fsp3) is 0.615. The van der Waals surface area contributed by atoms with E-state index in [4.69, 9.17) is 4.74 Å². The second-order valence-electron chi connectivity index (χ2n) is 10.6. The fourth-order valence-corrected chi connectivity index (χ4v) is 7.46. The lowest BCUT2D eigenvalue weighted by molar-refractivity contribution is -0.00235. The van der Waals surface area contributed by atoms with Crippen molar-refractivity contribution in [2.45, 2.75) is 57.1 Å². The summed E-state index contributed by atoms with van der Waals surface area (Å²) in [7, 11) is -3.51. The van der Waals surface area contributed by atoms with Gasteiger partial charge in [0.25, 0.3) is 10.2 Å². The number of hydrogen-bond donors (Lipinski definition) is 1. The summed E-state index contributed by atoms with van der Waals surface area (Å²) in [6.07, 6.45) is 6.24. The summed E-state index contributed by atoms with van der Waals surface area (Å²) in [5.74, 6) is 1.38. The molecule has 1 N–H and O–H groups in total. The number of benzene rings is 1. The molecule has 3 aliphatic rings. The van der Waals surface area contributed by atoms with Gasteiger partial charge in [-0.25, -0.2) is 4.39 Å². The smallest absolute Gasteiger partial charge is 0.279 e. The molecule has 1 aliphatic carbocycles. The molecule has 1 aromatic carbocycles. The summed E-state index contributed by atoms with van der Waals surface area (Å²) in [4.78, 5) is 2.17. The molecule has 36 heavy (non-hydrogen) atoms. The van der Waals surface area contributed by atoms with Gasteiger partial charge in [0.05, 0.1) is 12.7 Å². The van der Waals surface area contributed by atoms with Crippen LogP contribution in [0, 0.1) is 17.7 Å². The minimum atomic E-state index is -3.51. The summed E-state index contributed by atoms with van der Waals surface area (Å²) < 4.78 is 50.4. The van der Waals surface area contributed by atoms with E-state index in [2.05, 4.69) is 26.7 Å². The first kappa shape index (κ1) is 25.5. The molecule has 2 saturated heterocycles. The second-order valence-corrected chi connectivity index (χ2v) is 12.3. The average molecular weight is 518 g/mol. The Bertz CT molecular complexity index is 1110. The SMILES string of the molecule is CC1CN(S(=O)(=O)N[C@H]2CCN(c3cccnn3)CC2COC2CCC(c3cccc(F)c3)CC2)C1. The third kappa shape index (κ3) is 6.04. The van der Waals surface area contributed by atoms with E-state index in [9.17, 15) is 12.8 Å². The minimum Gasteiger partial charge on any atom is -0.378 e. The zero-order valence-corrected chi connectivity index (χ0v) is 21.6. The van der Waals surface area contributed by atoms with E-state index in [1.54, 1.807) is 18.3 Å². The number of ether oxygens (including phenoxy) is 1. The first-order valence-electron chi connectivity index (χ1n) is 13.0. The van der Waals surface area contributed by atoms with Gasteiger partial charge in [-0.2, -0.15) is 22.5 Å². The summed E-state index contributed by atoms with van der Waals surface area (Å²) in [6, 6.07) is 10.5. The molecule has 3 heterocycles. The van der Waals surface area contributed by atoms with Gasteiger partial charge in [0.1, 0.15) is 5.82 Å². The lowest BCUT2D eigenvalue weighted by atomic mass is 9.82. The predicted octanol–water partition coefficient (Wildman–Crippen LogP) is 3.34. The van der Waals surface area contributed by atoms with E-state index < -0.39 is 10.2 Å². The van der Waals surface area contributed by atoms with Gasteiger partial charge in [0.2, 0.25) is 0 Å². The Kier molecular flexibility index (Phi) is 7.85. The molecule has 1 aromatic heterocycles. The first-order chi connectivity index (χ1) is 17.4. The topological polar surface area (TPSA) is 87.7 Å². The lowest BCUT2D eigenvalue weighted by Crippen LogP contribution is -2.59. The van der Waals surface area contributed by atoms with Crippen LogP contribution in [-0.4, -0.2) is 67.9 Å². The van der Waals surface area contributed by atoms with Crippen LogP contribution in [0.1, 0.15) is 50.5 Å². The van der Waals surface area contributed by atoms with Crippen molar-refractivity contribution in [1.82, 2.24) is 19.2 Å². The van der Waals surface area contributed by atoms with Crippen LogP contribution < -0.4 is 9.62 Å². The summed E-state index contributed by atoms with van der Waals surface area (Å²) >= 11 is 0. The molecular formula is C26H36FN5O3S. The molecule has 1 unspecified atom stereocenters. The molecule has 0 bridgehead atoms. The zero-order chi connectivity index (χ0) is 25.1. The zero-order valence-electron chi connectivity index (χ0n) is 20.8. The fourth-order valence-electron chi connectivity index (χ4n) is 5.71. The Morgan fingerprint density at radius 2 is 1.89 bits per heavy atom. The molecule has 0 spiro atoms. The molecular weight excluding hydrogens is 481 g/mol. The van der Waals surface area contributed by atoms with Crippen molar-refractivity contribution in [1.29, 1.82) is 0 Å². The molecule has 10 heteroatoms. The summed E-state index contributed by atoms with van der Waals surface area (Å²) in [5, 5.41) is 8.25. The summed E-state index contributed by atoms with van der Waals surface area (Å²) in [5.41, 5.74) is 1.06. The van der Waals surface area contributed by atoms with Gasteiger partial charge < -0.3 is 9.64 Å². The van der Waals surface area contributed by atoms with Gasteiger partial charge in [-0.3, -0.25) is 0 Å². The number of hydrogen-bond acceptors (Lipinski definition) is 6. The highest BCUT2D eigenvalue weighted by molar-refractivity contribution is 7.87. The average Bonchev–Trinajstić information content (AvgIpc) is 2.87. The third-order valence-electron chi connectivity index (χ3n) is 7.83. The summed E-state index contributed by atoms with van der Waals surface area (Å²) in [6.45, 7) is 5.05. The predicted molar refractivity (Wildman–Crippen MR) is 136 cm³/mol. The van der Waals surface area contributed by atoms with Crippen LogP contribution in [0.5, 0.6) is 0 Å². The van der Waals surface area contributed by atoms with Crippen molar-refractivity contribution in [2.75, 3.05) is 37.7 Å². The van der Waals surface area contributed by atoms with E-state index in [1.165, 1.54) is 10.4 Å². The van der Waals surface area contributed by atoms with Crippen LogP contribution in [0.3, 0.4) is 0 Å². The number of nitrogens with one attached hydrogen (secondary N) is 1. The standard InChI is InChI=1S/C26H36FN5O3S/c1-19-15-32(16-19)36(33,34)30-25-11-13-31(26-6-3-12-28-29-26)17-22(25)18-35-24-9-7-20(8-10-24)21-4-2-5-23(27)14-21/h2-6,12,14,19-20,22,24-25,30H,7-11,13,15-18H2,1H3/t20?,22?,24?,25-/m0/s1. The monoisotopic (exact) mass is 517 g/mol. The van der Waals surface area contributed by atoms with E-state index in [0.717, 1.165) is 37.1 Å². The van der Waals surface area contributed by atoms with E-state index in [0.29, 0.717) is 51.0 Å². The maximum Gasteiger partial charge on any atom is 0.279 e. The number of aromatic nitrogens is 2. The van der Waals surface area contributed by atoms with Gasteiger partial charge in [0.15, 0.2) is 5.82 Å². The molecule has 2 atom stereocenters. The van der Waals surface area contributed by atoms with E-state index in [1.807, 2.05) is 18.2 Å². The van der Waals surface area contributed by atoms with Crippen molar-refractivity contribution in [3.63, 3.8) is 0 Å². The molecule has 8 nitrogen and oxygen atoms in total. The third-order valence-corrected chi connectivity index (χ3v) is 9.41. The van der Waals surface area contributed by atoms with Crippen LogP contribution in [0.2, 0.25) is 0 Å². The molecule has 0 amide bonds. The van der Waals surface area contributed by atoms with Crippen molar-refractivity contribution in [3.8, 4) is 0 Å². The van der Waals surface area contributed by atoms with Crippen LogP contribution in [0.4, 0.5) is 10.2 Å². The minimum absolute atomic E-state index is 0.00447. The van der Waals surface area contributed by atoms with Crippen LogP contribution in [0.15, 0.2) is 42.6 Å². The maximum absolute atomic E-state index is 13.6. The number of rotatable bonds is 8. The van der Waals surface area contributed by atoms with Gasteiger partial charge in [0, 0.05) is 44.3 Å². The van der Waals surface area contributed by atoms with Crippen LogP contribution in [-0.2, 0) is 14.9 Å². The highest BCUT2D eigenvalue weighted by Crippen LogP contribution is 2.35. The van der Waals surface area contributed by atoms with Crippen molar-refractivity contribution >= 4 is 16.0 Å². The van der Waals surface area contributed by atoms with Gasteiger partial charge in [-0.05, 0) is 73.8 Å². The highest BCUT2D eigenvalue weighted by atomic mass is 32.2. The first-order valence-corrected chi connectivity index (χ1v) is 14.5. The van der Waals surface area contributed by atoms with E-state index in [-0.39, 0.29) is 23.9 Å². The van der Waals surface area contributed by atoms with Crippen molar-refractivity contribution < 1.29 is 17.5 Å². The molecule has 1 saturated carbocycles. The Balaban J connectivity index is 1.20. The van der Waals surface area contributed by atoms with Gasteiger partial charge in [-0.15, -0.1) is 5.10 Å². The van der Waals surface area contributed by atoms with E-state index >= 15 is 0 Å². The Morgan fingerprint density at radius 3 is 2.58 bits per heavy atom. The van der Waals surface area contributed by atoms with Gasteiger partial charge in [-0.1, -0.05) is 19.1 Å². The second kappa shape index (κ2) is 11.1. The number of piperidine rings is 1. The quantitative estimate of drug-likeness (QED) is 0.578. The van der Waals surface area contributed by atoms with Crippen LogP contribution in [0.25, 0.3) is 0 Å². The van der Waals surface area contributed by atoms with Crippen LogP contribution >= 0.6 is 0 Å². The number of nitrogens with zero attached hydrogens (tertiary/aromatic N) is 4. The molecule has 2 aliphatic heterocycles.